The van der Waals surface area contributed by atoms with E-state index in [1.807, 2.05) is 23.1 Å². The van der Waals surface area contributed by atoms with Gasteiger partial charge < -0.3 is 10.2 Å². The highest BCUT2D eigenvalue weighted by Crippen LogP contribution is 2.24. The lowest BCUT2D eigenvalue weighted by molar-refractivity contribution is -0.132. The number of hydrogen-bond donors (Lipinski definition) is 1. The molecule has 1 aromatic rings. The van der Waals surface area contributed by atoms with Crippen LogP contribution in [-0.4, -0.2) is 29.9 Å². The Morgan fingerprint density at radius 2 is 2.00 bits per heavy atom. The summed E-state index contributed by atoms with van der Waals surface area (Å²) in [5.41, 5.74) is 1.14. The Bertz CT molecular complexity index is 454. The number of piperidine rings is 1. The molecule has 1 saturated heterocycles. The van der Waals surface area contributed by atoms with E-state index in [1.54, 1.807) is 0 Å². The Morgan fingerprint density at radius 1 is 1.35 bits per heavy atom. The second kappa shape index (κ2) is 7.11. The summed E-state index contributed by atoms with van der Waals surface area (Å²) in [5.74, 6) is 0.748. The number of nitrogens with zero attached hydrogens (tertiary/aromatic N) is 1. The minimum Gasteiger partial charge on any atom is -0.381 e. The Kier molecular flexibility index (Phi) is 5.46. The Labute approximate surface area is 129 Å². The second-order valence-corrected chi connectivity index (χ2v) is 6.73. The standard InChI is InChI=1S/C16H23BrN2O/c1-12(2)11-16(20)19-9-7-13(8-10-19)18-15-6-4-3-5-14(15)17/h3-6,12-13,18H,7-11H2,1-2H3. The summed E-state index contributed by atoms with van der Waals surface area (Å²) in [6.07, 6.45) is 2.71. The van der Waals surface area contributed by atoms with E-state index in [-0.39, 0.29) is 0 Å². The molecule has 0 saturated carbocycles. The molecule has 110 valence electrons. The van der Waals surface area contributed by atoms with E-state index in [0.29, 0.717) is 24.3 Å². The van der Waals surface area contributed by atoms with Gasteiger partial charge in [0.1, 0.15) is 0 Å². The summed E-state index contributed by atoms with van der Waals surface area (Å²) in [5, 5.41) is 3.56. The maximum atomic E-state index is 12.0. The van der Waals surface area contributed by atoms with Gasteiger partial charge in [0, 0.05) is 35.7 Å². The largest absolute Gasteiger partial charge is 0.381 e. The molecule has 1 fully saturated rings. The van der Waals surface area contributed by atoms with Gasteiger partial charge in [-0.05, 0) is 46.8 Å². The number of hydrogen-bond acceptors (Lipinski definition) is 2. The zero-order valence-electron chi connectivity index (χ0n) is 12.2. The van der Waals surface area contributed by atoms with Crippen LogP contribution in [0.1, 0.15) is 33.1 Å². The lowest BCUT2D eigenvalue weighted by atomic mass is 10.0. The highest BCUT2D eigenvalue weighted by molar-refractivity contribution is 9.10. The third-order valence-corrected chi connectivity index (χ3v) is 4.36. The first-order chi connectivity index (χ1) is 9.56. The van der Waals surface area contributed by atoms with Crippen LogP contribution in [0, 0.1) is 5.92 Å². The molecule has 0 spiro atoms. The number of amides is 1. The Balaban J connectivity index is 1.83. The average molecular weight is 339 g/mol. The molecule has 3 nitrogen and oxygen atoms in total. The lowest BCUT2D eigenvalue weighted by Crippen LogP contribution is -2.42. The number of carbonyl (C=O) groups excluding carboxylic acids is 1. The summed E-state index contributed by atoms with van der Waals surface area (Å²) >= 11 is 3.56. The van der Waals surface area contributed by atoms with Crippen molar-refractivity contribution in [3.05, 3.63) is 28.7 Å². The number of rotatable bonds is 4. The van der Waals surface area contributed by atoms with Crippen molar-refractivity contribution >= 4 is 27.5 Å². The molecule has 20 heavy (non-hydrogen) atoms. The first-order valence-electron chi connectivity index (χ1n) is 7.35. The van der Waals surface area contributed by atoms with E-state index >= 15 is 0 Å². The average Bonchev–Trinajstić information content (AvgIpc) is 2.41. The monoisotopic (exact) mass is 338 g/mol. The zero-order chi connectivity index (χ0) is 14.5. The number of halogens is 1. The molecule has 1 aliphatic rings. The highest BCUT2D eigenvalue weighted by Gasteiger charge is 2.23. The molecule has 4 heteroatoms. The summed E-state index contributed by atoms with van der Waals surface area (Å²) in [4.78, 5) is 14.0. The van der Waals surface area contributed by atoms with Crippen LogP contribution in [0.15, 0.2) is 28.7 Å². The van der Waals surface area contributed by atoms with Gasteiger partial charge in [0.15, 0.2) is 0 Å². The van der Waals surface area contributed by atoms with E-state index in [4.69, 9.17) is 0 Å². The Morgan fingerprint density at radius 3 is 2.60 bits per heavy atom. The molecule has 0 bridgehead atoms. The molecule has 1 aromatic carbocycles. The number of anilines is 1. The summed E-state index contributed by atoms with van der Waals surface area (Å²) in [7, 11) is 0. The van der Waals surface area contributed by atoms with E-state index in [0.717, 1.165) is 36.1 Å². The smallest absolute Gasteiger partial charge is 0.222 e. The summed E-state index contributed by atoms with van der Waals surface area (Å²) in [6, 6.07) is 8.64. The topological polar surface area (TPSA) is 32.3 Å². The summed E-state index contributed by atoms with van der Waals surface area (Å²) in [6.45, 7) is 5.93. The van der Waals surface area contributed by atoms with Crippen molar-refractivity contribution < 1.29 is 4.79 Å². The molecular formula is C16H23BrN2O. The molecule has 2 rings (SSSR count). The van der Waals surface area contributed by atoms with Crippen LogP contribution in [0.3, 0.4) is 0 Å². The maximum absolute atomic E-state index is 12.0. The van der Waals surface area contributed by atoms with Gasteiger partial charge in [-0.15, -0.1) is 0 Å². The van der Waals surface area contributed by atoms with Crippen LogP contribution in [0.5, 0.6) is 0 Å². The van der Waals surface area contributed by atoms with Gasteiger partial charge in [0.2, 0.25) is 5.91 Å². The number of carbonyl (C=O) groups is 1. The summed E-state index contributed by atoms with van der Waals surface area (Å²) < 4.78 is 1.10. The molecule has 0 aromatic heterocycles. The molecule has 0 atom stereocenters. The minimum absolute atomic E-state index is 0.305. The van der Waals surface area contributed by atoms with Gasteiger partial charge in [0.05, 0.1) is 0 Å². The van der Waals surface area contributed by atoms with Crippen LogP contribution in [-0.2, 0) is 4.79 Å². The van der Waals surface area contributed by atoms with Gasteiger partial charge >= 0.3 is 0 Å². The number of nitrogens with one attached hydrogen (secondary N) is 1. The van der Waals surface area contributed by atoms with Crippen LogP contribution in [0.2, 0.25) is 0 Å². The molecule has 0 aliphatic carbocycles. The van der Waals surface area contributed by atoms with Crippen LogP contribution >= 0.6 is 15.9 Å². The number of para-hydroxylation sites is 1. The Hall–Kier alpha value is -1.03. The van der Waals surface area contributed by atoms with Gasteiger partial charge in [-0.3, -0.25) is 4.79 Å². The van der Waals surface area contributed by atoms with Crippen LogP contribution in [0.25, 0.3) is 0 Å². The van der Waals surface area contributed by atoms with Gasteiger partial charge in [-0.25, -0.2) is 0 Å². The third kappa shape index (κ3) is 4.23. The van der Waals surface area contributed by atoms with Crippen LogP contribution < -0.4 is 5.32 Å². The molecule has 1 heterocycles. The quantitative estimate of drug-likeness (QED) is 0.902. The van der Waals surface area contributed by atoms with Gasteiger partial charge in [-0.2, -0.15) is 0 Å². The normalized spacial score (nSPS) is 16.5. The van der Waals surface area contributed by atoms with E-state index in [9.17, 15) is 4.79 Å². The van der Waals surface area contributed by atoms with Crippen molar-refractivity contribution in [2.45, 2.75) is 39.2 Å². The highest BCUT2D eigenvalue weighted by atomic mass is 79.9. The maximum Gasteiger partial charge on any atom is 0.222 e. The number of benzene rings is 1. The number of likely N-dealkylation sites (tertiary alicyclic amines) is 1. The van der Waals surface area contributed by atoms with E-state index in [1.165, 1.54) is 0 Å². The van der Waals surface area contributed by atoms with Crippen LogP contribution in [0.4, 0.5) is 5.69 Å². The molecular weight excluding hydrogens is 316 g/mol. The fourth-order valence-corrected chi connectivity index (χ4v) is 2.95. The zero-order valence-corrected chi connectivity index (χ0v) is 13.8. The van der Waals surface area contributed by atoms with Crippen molar-refractivity contribution in [1.29, 1.82) is 0 Å². The predicted octanol–water partition coefficient (Wildman–Crippen LogP) is 3.90. The first kappa shape index (κ1) is 15.4. The SMILES string of the molecule is CC(C)CC(=O)N1CCC(Nc2ccccc2Br)CC1. The van der Waals surface area contributed by atoms with E-state index < -0.39 is 0 Å². The molecule has 1 N–H and O–H groups in total. The molecule has 1 aliphatic heterocycles. The fraction of sp³-hybridized carbons (Fsp3) is 0.562. The van der Waals surface area contributed by atoms with Gasteiger partial charge in [-0.1, -0.05) is 26.0 Å². The van der Waals surface area contributed by atoms with Gasteiger partial charge in [0.25, 0.3) is 0 Å². The third-order valence-electron chi connectivity index (χ3n) is 3.66. The lowest BCUT2D eigenvalue weighted by Gasteiger charge is -2.33. The van der Waals surface area contributed by atoms with Crippen molar-refractivity contribution in [2.75, 3.05) is 18.4 Å². The molecule has 0 unspecified atom stereocenters. The predicted molar refractivity (Wildman–Crippen MR) is 86.8 cm³/mol. The van der Waals surface area contributed by atoms with Crippen molar-refractivity contribution in [1.82, 2.24) is 4.90 Å². The molecule has 1 amide bonds. The fourth-order valence-electron chi connectivity index (χ4n) is 2.55. The van der Waals surface area contributed by atoms with Crippen molar-refractivity contribution in [3.63, 3.8) is 0 Å². The first-order valence-corrected chi connectivity index (χ1v) is 8.14. The van der Waals surface area contributed by atoms with Crippen molar-refractivity contribution in [3.8, 4) is 0 Å². The van der Waals surface area contributed by atoms with E-state index in [2.05, 4.69) is 41.2 Å². The molecule has 0 radical (unpaired) electrons. The second-order valence-electron chi connectivity index (χ2n) is 5.88. The van der Waals surface area contributed by atoms with Crippen molar-refractivity contribution in [2.24, 2.45) is 5.92 Å². The minimum atomic E-state index is 0.305.